The second kappa shape index (κ2) is 6.61. The average molecular weight is 360 g/mol. The van der Waals surface area contributed by atoms with E-state index >= 15 is 0 Å². The van der Waals surface area contributed by atoms with E-state index in [1.807, 2.05) is 48.5 Å². The SMILES string of the molecule is O=S(=O)(Nc1cccc(-c2ccc3ccccc3n2)c1)c1ccccc1. The Bertz CT molecular complexity index is 1170. The second-order valence-electron chi connectivity index (χ2n) is 5.89. The first-order valence-corrected chi connectivity index (χ1v) is 9.64. The normalized spacial score (nSPS) is 11.4. The Kier molecular flexibility index (Phi) is 4.14. The first-order valence-electron chi connectivity index (χ1n) is 8.16. The molecule has 0 amide bonds. The van der Waals surface area contributed by atoms with Crippen molar-refractivity contribution in [2.75, 3.05) is 4.72 Å². The first-order chi connectivity index (χ1) is 12.6. The van der Waals surface area contributed by atoms with Gasteiger partial charge >= 0.3 is 0 Å². The molecular weight excluding hydrogens is 344 g/mol. The summed E-state index contributed by atoms with van der Waals surface area (Å²) in [6.07, 6.45) is 0. The molecule has 4 nitrogen and oxygen atoms in total. The summed E-state index contributed by atoms with van der Waals surface area (Å²) in [5.74, 6) is 0. The van der Waals surface area contributed by atoms with Gasteiger partial charge < -0.3 is 0 Å². The van der Waals surface area contributed by atoms with E-state index in [9.17, 15) is 8.42 Å². The maximum absolute atomic E-state index is 12.5. The van der Waals surface area contributed by atoms with Crippen LogP contribution >= 0.6 is 0 Å². The van der Waals surface area contributed by atoms with E-state index in [2.05, 4.69) is 9.71 Å². The number of nitrogens with one attached hydrogen (secondary N) is 1. The Morgan fingerprint density at radius 3 is 2.35 bits per heavy atom. The number of rotatable bonds is 4. The van der Waals surface area contributed by atoms with Crippen LogP contribution in [0.1, 0.15) is 0 Å². The number of hydrogen-bond donors (Lipinski definition) is 1. The molecule has 0 aliphatic rings. The fraction of sp³-hybridized carbons (Fsp3) is 0. The molecule has 4 aromatic rings. The molecule has 0 radical (unpaired) electrons. The summed E-state index contributed by atoms with van der Waals surface area (Å²) in [5.41, 5.74) is 3.05. The number of hydrogen-bond acceptors (Lipinski definition) is 3. The number of benzene rings is 3. The number of anilines is 1. The van der Waals surface area contributed by atoms with E-state index < -0.39 is 10.0 Å². The zero-order valence-electron chi connectivity index (χ0n) is 13.8. The van der Waals surface area contributed by atoms with Gasteiger partial charge in [-0.3, -0.25) is 4.72 Å². The van der Waals surface area contributed by atoms with Gasteiger partial charge in [-0.15, -0.1) is 0 Å². The van der Waals surface area contributed by atoms with Crippen LogP contribution in [0.3, 0.4) is 0 Å². The summed E-state index contributed by atoms with van der Waals surface area (Å²) in [6, 6.07) is 27.4. The van der Waals surface area contributed by atoms with Crippen molar-refractivity contribution >= 4 is 26.6 Å². The third-order valence-corrected chi connectivity index (χ3v) is 5.46. The van der Waals surface area contributed by atoms with Crippen LogP contribution in [0.2, 0.25) is 0 Å². The molecule has 5 heteroatoms. The molecule has 1 aromatic heterocycles. The van der Waals surface area contributed by atoms with Crippen LogP contribution in [0.4, 0.5) is 5.69 Å². The van der Waals surface area contributed by atoms with Gasteiger partial charge in [0.1, 0.15) is 0 Å². The number of para-hydroxylation sites is 1. The van der Waals surface area contributed by atoms with Gasteiger partial charge in [0.05, 0.1) is 16.1 Å². The number of fused-ring (bicyclic) bond motifs is 1. The monoisotopic (exact) mass is 360 g/mol. The van der Waals surface area contributed by atoms with Crippen LogP contribution < -0.4 is 4.72 Å². The summed E-state index contributed by atoms with van der Waals surface area (Å²) >= 11 is 0. The van der Waals surface area contributed by atoms with Gasteiger partial charge in [-0.1, -0.05) is 54.6 Å². The van der Waals surface area contributed by atoms with Crippen molar-refractivity contribution in [1.29, 1.82) is 0 Å². The average Bonchev–Trinajstić information content (AvgIpc) is 2.68. The van der Waals surface area contributed by atoms with Crippen molar-refractivity contribution in [3.05, 3.63) is 91.0 Å². The molecule has 0 bridgehead atoms. The maximum atomic E-state index is 12.5. The molecule has 4 rings (SSSR count). The van der Waals surface area contributed by atoms with Crippen molar-refractivity contribution in [2.24, 2.45) is 0 Å². The van der Waals surface area contributed by atoms with Crippen LogP contribution in [0.5, 0.6) is 0 Å². The Morgan fingerprint density at radius 2 is 1.50 bits per heavy atom. The molecule has 0 aliphatic heterocycles. The summed E-state index contributed by atoms with van der Waals surface area (Å²) in [4.78, 5) is 4.89. The number of sulfonamides is 1. The molecule has 0 unspecified atom stereocenters. The molecule has 0 saturated heterocycles. The van der Waals surface area contributed by atoms with Crippen molar-refractivity contribution in [1.82, 2.24) is 4.98 Å². The number of aromatic nitrogens is 1. The smallest absolute Gasteiger partial charge is 0.261 e. The fourth-order valence-corrected chi connectivity index (χ4v) is 3.85. The van der Waals surface area contributed by atoms with Gasteiger partial charge in [0, 0.05) is 16.6 Å². The predicted octanol–water partition coefficient (Wildman–Crippen LogP) is 4.70. The molecule has 0 fully saturated rings. The lowest BCUT2D eigenvalue weighted by molar-refractivity contribution is 0.601. The third kappa shape index (κ3) is 3.30. The number of nitrogens with zero attached hydrogens (tertiary/aromatic N) is 1. The van der Waals surface area contributed by atoms with Crippen LogP contribution in [0, 0.1) is 0 Å². The Balaban J connectivity index is 1.68. The summed E-state index contributed by atoms with van der Waals surface area (Å²) < 4.78 is 27.6. The highest BCUT2D eigenvalue weighted by Gasteiger charge is 2.13. The Labute approximate surface area is 152 Å². The van der Waals surface area contributed by atoms with E-state index in [0.717, 1.165) is 22.2 Å². The highest BCUT2D eigenvalue weighted by atomic mass is 32.2. The topological polar surface area (TPSA) is 59.1 Å². The zero-order chi connectivity index (χ0) is 18.0. The van der Waals surface area contributed by atoms with Gasteiger partial charge in [0.25, 0.3) is 10.0 Å². The quantitative estimate of drug-likeness (QED) is 0.574. The van der Waals surface area contributed by atoms with Crippen molar-refractivity contribution in [3.63, 3.8) is 0 Å². The first kappa shape index (κ1) is 16.3. The van der Waals surface area contributed by atoms with Crippen molar-refractivity contribution < 1.29 is 8.42 Å². The molecule has 0 spiro atoms. The zero-order valence-corrected chi connectivity index (χ0v) is 14.6. The summed E-state index contributed by atoms with van der Waals surface area (Å²) in [6.45, 7) is 0. The van der Waals surface area contributed by atoms with Crippen LogP contribution in [-0.2, 0) is 10.0 Å². The van der Waals surface area contributed by atoms with E-state index in [-0.39, 0.29) is 4.90 Å². The second-order valence-corrected chi connectivity index (χ2v) is 7.57. The lowest BCUT2D eigenvalue weighted by Crippen LogP contribution is -2.12. The molecule has 0 aliphatic carbocycles. The van der Waals surface area contributed by atoms with E-state index in [4.69, 9.17) is 0 Å². The molecule has 1 heterocycles. The molecule has 3 aromatic carbocycles. The van der Waals surface area contributed by atoms with Gasteiger partial charge in [0.2, 0.25) is 0 Å². The third-order valence-electron chi connectivity index (χ3n) is 4.06. The highest BCUT2D eigenvalue weighted by Crippen LogP contribution is 2.25. The van der Waals surface area contributed by atoms with Crippen LogP contribution in [0.25, 0.3) is 22.2 Å². The minimum absolute atomic E-state index is 0.231. The Hall–Kier alpha value is -3.18. The van der Waals surface area contributed by atoms with Gasteiger partial charge in [-0.25, -0.2) is 13.4 Å². The van der Waals surface area contributed by atoms with E-state index in [1.54, 1.807) is 42.5 Å². The molecule has 26 heavy (non-hydrogen) atoms. The Morgan fingerprint density at radius 1 is 0.731 bits per heavy atom. The van der Waals surface area contributed by atoms with Gasteiger partial charge in [0.15, 0.2) is 0 Å². The van der Waals surface area contributed by atoms with E-state index in [1.165, 1.54) is 0 Å². The minimum atomic E-state index is -3.62. The molecule has 0 saturated carbocycles. The highest BCUT2D eigenvalue weighted by molar-refractivity contribution is 7.92. The largest absolute Gasteiger partial charge is 0.280 e. The van der Waals surface area contributed by atoms with Crippen molar-refractivity contribution in [3.8, 4) is 11.3 Å². The lowest BCUT2D eigenvalue weighted by atomic mass is 10.1. The number of pyridine rings is 1. The molecular formula is C21H16N2O2S. The summed E-state index contributed by atoms with van der Waals surface area (Å²) in [7, 11) is -3.62. The fourth-order valence-electron chi connectivity index (χ4n) is 2.78. The standard InChI is InChI=1S/C21H16N2O2S/c24-26(25,19-10-2-1-3-11-19)23-18-9-6-8-17(15-18)21-14-13-16-7-4-5-12-20(16)22-21/h1-15,23H. The van der Waals surface area contributed by atoms with Crippen molar-refractivity contribution in [2.45, 2.75) is 4.90 Å². The maximum Gasteiger partial charge on any atom is 0.261 e. The predicted molar refractivity (Wildman–Crippen MR) is 104 cm³/mol. The minimum Gasteiger partial charge on any atom is -0.280 e. The van der Waals surface area contributed by atoms with Crippen LogP contribution in [0.15, 0.2) is 95.9 Å². The molecule has 1 N–H and O–H groups in total. The van der Waals surface area contributed by atoms with Crippen LogP contribution in [-0.4, -0.2) is 13.4 Å². The summed E-state index contributed by atoms with van der Waals surface area (Å²) in [5, 5.41) is 1.07. The molecule has 0 atom stereocenters. The van der Waals surface area contributed by atoms with Gasteiger partial charge in [-0.05, 0) is 36.4 Å². The van der Waals surface area contributed by atoms with Gasteiger partial charge in [-0.2, -0.15) is 0 Å². The lowest BCUT2D eigenvalue weighted by Gasteiger charge is -2.10. The molecule has 128 valence electrons. The van der Waals surface area contributed by atoms with E-state index in [0.29, 0.717) is 5.69 Å².